The largest absolute Gasteiger partial charge is 0.294 e. The van der Waals surface area contributed by atoms with Gasteiger partial charge in [0.15, 0.2) is 5.78 Å². The quantitative estimate of drug-likeness (QED) is 0.639. The molecule has 0 N–H and O–H groups in total. The van der Waals surface area contributed by atoms with E-state index in [0.29, 0.717) is 16.7 Å². The first kappa shape index (κ1) is 16.1. The first-order chi connectivity index (χ1) is 11.3. The minimum atomic E-state index is -0.440. The summed E-state index contributed by atoms with van der Waals surface area (Å²) < 4.78 is 0. The number of rotatable bonds is 3. The van der Waals surface area contributed by atoms with Crippen molar-refractivity contribution in [2.45, 2.75) is 27.3 Å². The van der Waals surface area contributed by atoms with Gasteiger partial charge in [-0.15, -0.1) is 0 Å². The Morgan fingerprint density at radius 3 is 1.83 bits per heavy atom. The van der Waals surface area contributed by atoms with Crippen LogP contribution in [0.1, 0.15) is 57.4 Å². The van der Waals surface area contributed by atoms with E-state index in [-0.39, 0.29) is 24.1 Å². The lowest BCUT2D eigenvalue weighted by Gasteiger charge is -2.17. The van der Waals surface area contributed by atoms with E-state index in [9.17, 15) is 14.4 Å². The van der Waals surface area contributed by atoms with Gasteiger partial charge in [-0.05, 0) is 17.7 Å². The summed E-state index contributed by atoms with van der Waals surface area (Å²) in [6.45, 7) is 5.84. The van der Waals surface area contributed by atoms with Crippen molar-refractivity contribution in [3.8, 4) is 0 Å². The van der Waals surface area contributed by atoms with Crippen molar-refractivity contribution in [2.75, 3.05) is 0 Å². The van der Waals surface area contributed by atoms with Gasteiger partial charge >= 0.3 is 0 Å². The SMILES string of the molecule is CC(C)(C)C(=O)c1ccc(CN2C(=O)c3ccccc3C2=O)cc1. The van der Waals surface area contributed by atoms with Crippen molar-refractivity contribution in [3.63, 3.8) is 0 Å². The van der Waals surface area contributed by atoms with Crippen LogP contribution >= 0.6 is 0 Å². The van der Waals surface area contributed by atoms with Crippen LogP contribution < -0.4 is 0 Å². The van der Waals surface area contributed by atoms with Gasteiger partial charge in [0.25, 0.3) is 11.8 Å². The van der Waals surface area contributed by atoms with Gasteiger partial charge in [0.05, 0.1) is 17.7 Å². The van der Waals surface area contributed by atoms with E-state index in [1.54, 1.807) is 48.5 Å². The first-order valence-electron chi connectivity index (χ1n) is 7.88. The molecule has 0 fully saturated rings. The topological polar surface area (TPSA) is 54.5 Å². The van der Waals surface area contributed by atoms with E-state index in [2.05, 4.69) is 0 Å². The molecule has 0 saturated heterocycles. The van der Waals surface area contributed by atoms with Crippen LogP contribution in [0.5, 0.6) is 0 Å². The Bertz CT molecular complexity index is 794. The zero-order valence-corrected chi connectivity index (χ0v) is 14.0. The summed E-state index contributed by atoms with van der Waals surface area (Å²) in [6.07, 6.45) is 0. The Hall–Kier alpha value is -2.75. The van der Waals surface area contributed by atoms with Crippen LogP contribution in [0.2, 0.25) is 0 Å². The van der Waals surface area contributed by atoms with Crippen LogP contribution in [0.15, 0.2) is 48.5 Å². The van der Waals surface area contributed by atoms with Crippen LogP contribution in [0.4, 0.5) is 0 Å². The number of carbonyl (C=O) groups is 3. The lowest BCUT2D eigenvalue weighted by atomic mass is 9.86. The molecule has 1 aliphatic rings. The third kappa shape index (κ3) is 2.75. The van der Waals surface area contributed by atoms with Gasteiger partial charge in [0, 0.05) is 11.0 Å². The summed E-state index contributed by atoms with van der Waals surface area (Å²) in [5, 5.41) is 0. The summed E-state index contributed by atoms with van der Waals surface area (Å²) in [5.74, 6) is -0.481. The molecule has 3 rings (SSSR count). The molecule has 24 heavy (non-hydrogen) atoms. The maximum absolute atomic E-state index is 12.4. The molecule has 1 heterocycles. The second kappa shape index (κ2) is 5.71. The number of amides is 2. The Kier molecular flexibility index (Phi) is 3.84. The van der Waals surface area contributed by atoms with Crippen LogP contribution in [0.25, 0.3) is 0 Å². The average molecular weight is 321 g/mol. The zero-order chi connectivity index (χ0) is 17.5. The molecule has 1 aliphatic heterocycles. The molecule has 0 saturated carbocycles. The molecule has 4 nitrogen and oxygen atoms in total. The molecule has 0 bridgehead atoms. The predicted molar refractivity (Wildman–Crippen MR) is 90.9 cm³/mol. The maximum atomic E-state index is 12.4. The lowest BCUT2D eigenvalue weighted by Crippen LogP contribution is -2.29. The Balaban J connectivity index is 1.80. The standard InChI is InChI=1S/C20H19NO3/c1-20(2,3)17(22)14-10-8-13(9-11-14)12-21-18(23)15-6-4-5-7-16(15)19(21)24/h4-11H,12H2,1-3H3. The Morgan fingerprint density at radius 2 is 1.38 bits per heavy atom. The molecule has 122 valence electrons. The summed E-state index contributed by atoms with van der Waals surface area (Å²) in [4.78, 5) is 38.2. The normalized spacial score (nSPS) is 14.0. The molecule has 0 radical (unpaired) electrons. The van der Waals surface area contributed by atoms with E-state index in [1.165, 1.54) is 4.90 Å². The third-order valence-corrected chi connectivity index (χ3v) is 4.12. The van der Waals surface area contributed by atoms with Gasteiger partial charge in [-0.1, -0.05) is 57.2 Å². The van der Waals surface area contributed by atoms with Gasteiger partial charge in [0.1, 0.15) is 0 Å². The number of hydrogen-bond acceptors (Lipinski definition) is 3. The van der Waals surface area contributed by atoms with Crippen LogP contribution in [0.3, 0.4) is 0 Å². The fraction of sp³-hybridized carbons (Fsp3) is 0.250. The molecule has 0 unspecified atom stereocenters. The predicted octanol–water partition coefficient (Wildman–Crippen LogP) is 3.71. The van der Waals surface area contributed by atoms with Gasteiger partial charge in [-0.3, -0.25) is 19.3 Å². The van der Waals surface area contributed by atoms with Gasteiger partial charge in [-0.25, -0.2) is 0 Å². The Morgan fingerprint density at radius 1 is 0.875 bits per heavy atom. The summed E-state index contributed by atoms with van der Waals surface area (Å²) in [6, 6.07) is 13.9. The van der Waals surface area contributed by atoms with Crippen LogP contribution in [-0.4, -0.2) is 22.5 Å². The van der Waals surface area contributed by atoms with E-state index in [4.69, 9.17) is 0 Å². The molecular weight excluding hydrogens is 302 g/mol. The molecule has 4 heteroatoms. The molecular formula is C20H19NO3. The number of ketones is 1. The number of benzene rings is 2. The molecule has 2 amide bonds. The zero-order valence-electron chi connectivity index (χ0n) is 14.0. The van der Waals surface area contributed by atoms with Crippen molar-refractivity contribution < 1.29 is 14.4 Å². The maximum Gasteiger partial charge on any atom is 0.261 e. The minimum Gasteiger partial charge on any atom is -0.294 e. The van der Waals surface area contributed by atoms with Crippen molar-refractivity contribution >= 4 is 17.6 Å². The van der Waals surface area contributed by atoms with Crippen molar-refractivity contribution in [1.82, 2.24) is 4.90 Å². The monoisotopic (exact) mass is 321 g/mol. The summed E-state index contributed by atoms with van der Waals surface area (Å²) in [5.41, 5.74) is 1.90. The van der Waals surface area contributed by atoms with Crippen LogP contribution in [0, 0.1) is 5.41 Å². The first-order valence-corrected chi connectivity index (χ1v) is 7.88. The van der Waals surface area contributed by atoms with Gasteiger partial charge in [0.2, 0.25) is 0 Å². The number of carbonyl (C=O) groups excluding carboxylic acids is 3. The highest BCUT2D eigenvalue weighted by atomic mass is 16.2. The van der Waals surface area contributed by atoms with Gasteiger partial charge in [-0.2, -0.15) is 0 Å². The summed E-state index contributed by atoms with van der Waals surface area (Å²) in [7, 11) is 0. The minimum absolute atomic E-state index is 0.0646. The second-order valence-electron chi connectivity index (χ2n) is 7.02. The van der Waals surface area contributed by atoms with Crippen molar-refractivity contribution in [2.24, 2.45) is 5.41 Å². The average Bonchev–Trinajstić information content (AvgIpc) is 2.79. The number of hydrogen-bond donors (Lipinski definition) is 0. The number of nitrogens with zero attached hydrogens (tertiary/aromatic N) is 1. The molecule has 0 aliphatic carbocycles. The highest BCUT2D eigenvalue weighted by molar-refractivity contribution is 6.21. The van der Waals surface area contributed by atoms with E-state index in [0.717, 1.165) is 5.56 Å². The molecule has 0 atom stereocenters. The number of fused-ring (bicyclic) bond motifs is 1. The summed E-state index contributed by atoms with van der Waals surface area (Å²) >= 11 is 0. The molecule has 0 aromatic heterocycles. The Labute approximate surface area is 141 Å². The number of Topliss-reactive ketones (excluding diaryl/α,β-unsaturated/α-hetero) is 1. The van der Waals surface area contributed by atoms with E-state index in [1.807, 2.05) is 20.8 Å². The van der Waals surface area contributed by atoms with E-state index < -0.39 is 5.41 Å². The molecule has 2 aromatic rings. The van der Waals surface area contributed by atoms with Crippen molar-refractivity contribution in [1.29, 1.82) is 0 Å². The van der Waals surface area contributed by atoms with E-state index >= 15 is 0 Å². The van der Waals surface area contributed by atoms with Crippen molar-refractivity contribution in [3.05, 3.63) is 70.8 Å². The molecule has 2 aromatic carbocycles. The fourth-order valence-corrected chi connectivity index (χ4v) is 2.76. The highest BCUT2D eigenvalue weighted by Crippen LogP contribution is 2.25. The fourth-order valence-electron chi connectivity index (χ4n) is 2.76. The second-order valence-corrected chi connectivity index (χ2v) is 7.02. The van der Waals surface area contributed by atoms with Gasteiger partial charge < -0.3 is 0 Å². The van der Waals surface area contributed by atoms with Crippen LogP contribution in [-0.2, 0) is 6.54 Å². The third-order valence-electron chi connectivity index (χ3n) is 4.12. The smallest absolute Gasteiger partial charge is 0.261 e. The highest BCUT2D eigenvalue weighted by Gasteiger charge is 2.35. The number of imide groups is 1. The lowest BCUT2D eigenvalue weighted by molar-refractivity contribution is 0.0641. The molecule has 0 spiro atoms.